The number of nitrogens with one attached hydrogen (secondary N) is 1. The van der Waals surface area contributed by atoms with E-state index < -0.39 is 17.9 Å². The van der Waals surface area contributed by atoms with Crippen LogP contribution in [0.4, 0.5) is 11.4 Å². The molecule has 4 aromatic rings. The van der Waals surface area contributed by atoms with Crippen molar-refractivity contribution in [2.45, 2.75) is 18.8 Å². The third-order valence-corrected chi connectivity index (χ3v) is 6.63. The highest BCUT2D eigenvalue weighted by molar-refractivity contribution is 6.24. The second kappa shape index (κ2) is 10.7. The van der Waals surface area contributed by atoms with Crippen molar-refractivity contribution < 1.29 is 24.2 Å². The molecule has 1 unspecified atom stereocenters. The number of carboxylic acids is 1. The summed E-state index contributed by atoms with van der Waals surface area (Å²) < 4.78 is 6.74. The number of esters is 1. The number of aromatic nitrogens is 2. The number of imidazole rings is 1. The second-order valence-corrected chi connectivity index (χ2v) is 9.22. The van der Waals surface area contributed by atoms with E-state index in [0.29, 0.717) is 40.2 Å². The number of aliphatic imine (C=N–C) groups is 1. The molecule has 1 aliphatic heterocycles. The molecule has 5 rings (SSSR count). The molecule has 0 aliphatic carbocycles. The van der Waals surface area contributed by atoms with E-state index in [0.717, 1.165) is 17.0 Å². The molecule has 3 aromatic carbocycles. The van der Waals surface area contributed by atoms with Crippen LogP contribution in [0.1, 0.15) is 39.4 Å². The van der Waals surface area contributed by atoms with E-state index >= 15 is 0 Å². The van der Waals surface area contributed by atoms with E-state index in [4.69, 9.17) is 14.8 Å². The number of benzene rings is 3. The molecule has 2 N–H and O–H groups in total. The fourth-order valence-electron chi connectivity index (χ4n) is 4.68. The minimum atomic E-state index is -0.882. The number of aliphatic carboxylic acids is 1. The van der Waals surface area contributed by atoms with Crippen molar-refractivity contribution in [2.75, 3.05) is 12.4 Å². The largest absolute Gasteiger partial charge is 0.481 e. The van der Waals surface area contributed by atoms with E-state index in [1.165, 1.54) is 7.11 Å². The molecule has 1 aliphatic rings. The number of methoxy groups -OCH3 is 1. The number of fused-ring (bicyclic) bond motifs is 1. The Bertz CT molecular complexity index is 1600. The maximum Gasteiger partial charge on any atom is 0.337 e. The third-order valence-electron chi connectivity index (χ3n) is 6.63. The minimum Gasteiger partial charge on any atom is -0.481 e. The zero-order valence-electron chi connectivity index (χ0n) is 21.4. The quantitative estimate of drug-likeness (QED) is 0.254. The maximum atomic E-state index is 13.3. The van der Waals surface area contributed by atoms with Crippen LogP contribution >= 0.6 is 0 Å². The summed E-state index contributed by atoms with van der Waals surface area (Å²) in [6.07, 6.45) is 3.95. The molecule has 39 heavy (non-hydrogen) atoms. The Labute approximate surface area is 224 Å². The van der Waals surface area contributed by atoms with Crippen LogP contribution in [0.15, 0.2) is 84.1 Å². The van der Waals surface area contributed by atoms with E-state index in [2.05, 4.69) is 10.3 Å². The lowest BCUT2D eigenvalue weighted by molar-refractivity contribution is -0.137. The molecule has 9 nitrogen and oxygen atoms in total. The molecule has 0 radical (unpaired) electrons. The van der Waals surface area contributed by atoms with Gasteiger partial charge in [-0.1, -0.05) is 24.3 Å². The minimum absolute atomic E-state index is 0.00631. The van der Waals surface area contributed by atoms with E-state index in [-0.39, 0.29) is 12.3 Å². The molecule has 9 heteroatoms. The third kappa shape index (κ3) is 5.33. The normalized spacial score (nSPS) is 14.6. The van der Waals surface area contributed by atoms with Gasteiger partial charge in [0.1, 0.15) is 11.7 Å². The summed E-state index contributed by atoms with van der Waals surface area (Å²) in [6, 6.07) is 20.0. The standard InChI is InChI=1S/C30H26N4O5/c1-34-15-14-31-28(34)19-7-10-22(11-8-19)32-27(20-5-3-4-18(16-20)6-13-25(35)36)26-23-12-9-21(30(38)39-2)17-24(23)33-29(26)37/h3-5,7-12,14-17,26H,6,13H2,1-2H3,(H,33,37)(H,35,36). The van der Waals surface area contributed by atoms with Gasteiger partial charge in [-0.15, -0.1) is 0 Å². The Balaban J connectivity index is 1.58. The first-order chi connectivity index (χ1) is 18.8. The fourth-order valence-corrected chi connectivity index (χ4v) is 4.68. The number of carbonyl (C=O) groups is 3. The molecule has 0 saturated heterocycles. The summed E-state index contributed by atoms with van der Waals surface area (Å²) in [5.41, 5.74) is 5.16. The number of carboxylic acid groups (broad SMARTS) is 1. The van der Waals surface area contributed by atoms with Crippen LogP contribution < -0.4 is 5.32 Å². The van der Waals surface area contributed by atoms with Crippen molar-refractivity contribution >= 4 is 34.9 Å². The summed E-state index contributed by atoms with van der Waals surface area (Å²) in [4.78, 5) is 45.8. The number of aryl methyl sites for hydroxylation is 2. The van der Waals surface area contributed by atoms with Crippen molar-refractivity contribution in [1.29, 1.82) is 0 Å². The molecule has 0 saturated carbocycles. The van der Waals surface area contributed by atoms with Gasteiger partial charge < -0.3 is 19.7 Å². The van der Waals surface area contributed by atoms with Gasteiger partial charge in [-0.25, -0.2) is 9.78 Å². The highest BCUT2D eigenvalue weighted by Gasteiger charge is 2.36. The van der Waals surface area contributed by atoms with E-state index in [9.17, 15) is 14.4 Å². The summed E-state index contributed by atoms with van der Waals surface area (Å²) in [7, 11) is 3.23. The number of carbonyl (C=O) groups excluding carboxylic acids is 2. The summed E-state index contributed by atoms with van der Waals surface area (Å²) in [5, 5.41) is 12.0. The molecule has 1 aromatic heterocycles. The Hall–Kier alpha value is -5.05. The highest BCUT2D eigenvalue weighted by Crippen LogP contribution is 2.37. The zero-order valence-corrected chi connectivity index (χ0v) is 21.4. The predicted octanol–water partition coefficient (Wildman–Crippen LogP) is 4.75. The fraction of sp³-hybridized carbons (Fsp3) is 0.167. The van der Waals surface area contributed by atoms with Crippen LogP contribution in [-0.4, -0.2) is 45.3 Å². The van der Waals surface area contributed by atoms with Crippen molar-refractivity contribution in [3.63, 3.8) is 0 Å². The van der Waals surface area contributed by atoms with Crippen LogP contribution in [0.2, 0.25) is 0 Å². The molecular weight excluding hydrogens is 496 g/mol. The lowest BCUT2D eigenvalue weighted by atomic mass is 9.89. The first-order valence-electron chi connectivity index (χ1n) is 12.3. The van der Waals surface area contributed by atoms with E-state index in [1.54, 1.807) is 24.4 Å². The zero-order chi connectivity index (χ0) is 27.5. The molecule has 2 heterocycles. The Morgan fingerprint density at radius 2 is 1.87 bits per heavy atom. The number of anilines is 1. The lowest BCUT2D eigenvalue weighted by Gasteiger charge is -2.15. The number of rotatable bonds is 8. The predicted molar refractivity (Wildman–Crippen MR) is 146 cm³/mol. The maximum absolute atomic E-state index is 13.3. The van der Waals surface area contributed by atoms with Crippen LogP contribution in [0, 0.1) is 0 Å². The highest BCUT2D eigenvalue weighted by atomic mass is 16.5. The summed E-state index contributed by atoms with van der Waals surface area (Å²) in [5.74, 6) is -1.57. The van der Waals surface area contributed by atoms with Gasteiger partial charge in [-0.3, -0.25) is 14.6 Å². The molecule has 196 valence electrons. The average Bonchev–Trinajstić information content (AvgIpc) is 3.52. The van der Waals surface area contributed by atoms with Crippen molar-refractivity contribution in [1.82, 2.24) is 9.55 Å². The molecule has 0 spiro atoms. The van der Waals surface area contributed by atoms with Gasteiger partial charge in [0.15, 0.2) is 0 Å². The first kappa shape index (κ1) is 25.6. The monoisotopic (exact) mass is 522 g/mol. The lowest BCUT2D eigenvalue weighted by Crippen LogP contribution is -2.22. The van der Waals surface area contributed by atoms with Gasteiger partial charge in [-0.2, -0.15) is 0 Å². The average molecular weight is 523 g/mol. The first-order valence-corrected chi connectivity index (χ1v) is 12.3. The molecule has 1 amide bonds. The van der Waals surface area contributed by atoms with Gasteiger partial charge in [0, 0.05) is 37.1 Å². The van der Waals surface area contributed by atoms with Crippen molar-refractivity contribution in [3.05, 3.63) is 101 Å². The molecule has 0 bridgehead atoms. The number of amides is 1. The smallest absolute Gasteiger partial charge is 0.337 e. The van der Waals surface area contributed by atoms with Gasteiger partial charge in [0.25, 0.3) is 0 Å². The molecule has 1 atom stereocenters. The van der Waals surface area contributed by atoms with Gasteiger partial charge in [0.2, 0.25) is 5.91 Å². The number of hydrogen-bond acceptors (Lipinski definition) is 6. The van der Waals surface area contributed by atoms with Crippen LogP contribution in [0.25, 0.3) is 11.4 Å². The van der Waals surface area contributed by atoms with Crippen LogP contribution in [-0.2, 0) is 27.8 Å². The van der Waals surface area contributed by atoms with Crippen LogP contribution in [0.3, 0.4) is 0 Å². The van der Waals surface area contributed by atoms with Crippen molar-refractivity contribution in [3.8, 4) is 11.4 Å². The SMILES string of the molecule is COC(=O)c1ccc2c(c1)NC(=O)C2C(=Nc1ccc(-c2nccn2C)cc1)c1cccc(CCC(=O)O)c1. The number of ether oxygens (including phenoxy) is 1. The Morgan fingerprint density at radius 1 is 1.08 bits per heavy atom. The van der Waals surface area contributed by atoms with Gasteiger partial charge >= 0.3 is 11.9 Å². The van der Waals surface area contributed by atoms with Crippen LogP contribution in [0.5, 0.6) is 0 Å². The molecule has 0 fully saturated rings. The van der Waals surface area contributed by atoms with Crippen molar-refractivity contribution in [2.24, 2.45) is 12.0 Å². The second-order valence-electron chi connectivity index (χ2n) is 9.22. The number of hydrogen-bond donors (Lipinski definition) is 2. The van der Waals surface area contributed by atoms with Gasteiger partial charge in [-0.05, 0) is 65.6 Å². The van der Waals surface area contributed by atoms with E-state index in [1.807, 2.05) is 66.3 Å². The Morgan fingerprint density at radius 3 is 2.56 bits per heavy atom. The van der Waals surface area contributed by atoms with Gasteiger partial charge in [0.05, 0.1) is 24.1 Å². The summed E-state index contributed by atoms with van der Waals surface area (Å²) in [6.45, 7) is 0. The topological polar surface area (TPSA) is 123 Å². The Kier molecular flexibility index (Phi) is 7.05. The summed E-state index contributed by atoms with van der Waals surface area (Å²) >= 11 is 0. The molecular formula is C30H26N4O5. The number of nitrogens with zero attached hydrogens (tertiary/aromatic N) is 3.